The molecule has 1 atom stereocenters. The maximum absolute atomic E-state index is 4.07. The van der Waals surface area contributed by atoms with Gasteiger partial charge in [-0.15, -0.1) is 5.10 Å². The highest BCUT2D eigenvalue weighted by Crippen LogP contribution is 2.26. The third kappa shape index (κ3) is 2.91. The number of benzene rings is 1. The molecule has 17 heavy (non-hydrogen) atoms. The molecule has 0 aliphatic rings. The molecule has 1 heterocycles. The van der Waals surface area contributed by atoms with Crippen molar-refractivity contribution < 1.29 is 0 Å². The van der Waals surface area contributed by atoms with Crippen LogP contribution in [0.3, 0.4) is 0 Å². The quantitative estimate of drug-likeness (QED) is 0.942. The zero-order chi connectivity index (χ0) is 12.3. The van der Waals surface area contributed by atoms with Crippen LogP contribution in [0.4, 0.5) is 0 Å². The number of likely N-dealkylation sites (N-methyl/N-ethyl adjacent to an activating group) is 1. The first-order valence-electron chi connectivity index (χ1n) is 5.42. The van der Waals surface area contributed by atoms with Gasteiger partial charge in [-0.1, -0.05) is 38.6 Å². The number of nitrogens with zero attached hydrogens (tertiary/aromatic N) is 2. The van der Waals surface area contributed by atoms with Crippen molar-refractivity contribution in [3.05, 3.63) is 44.9 Å². The molecule has 1 unspecified atom stereocenters. The highest BCUT2D eigenvalue weighted by Gasteiger charge is 2.16. The molecule has 0 bridgehead atoms. The van der Waals surface area contributed by atoms with Gasteiger partial charge in [0, 0.05) is 10.5 Å². The molecule has 3 nitrogen and oxygen atoms in total. The van der Waals surface area contributed by atoms with E-state index in [1.807, 2.05) is 20.0 Å². The topological polar surface area (TPSA) is 37.8 Å². The number of halogens is 1. The predicted molar refractivity (Wildman–Crippen MR) is 74.3 cm³/mol. The van der Waals surface area contributed by atoms with Gasteiger partial charge < -0.3 is 5.32 Å². The van der Waals surface area contributed by atoms with E-state index in [-0.39, 0.29) is 6.04 Å². The molecule has 0 spiro atoms. The molecular weight excluding hydrogens is 298 g/mol. The summed E-state index contributed by atoms with van der Waals surface area (Å²) in [5, 5.41) is 7.40. The Bertz CT molecular complexity index is 498. The molecule has 90 valence electrons. The van der Waals surface area contributed by atoms with Crippen molar-refractivity contribution in [2.75, 3.05) is 7.05 Å². The summed E-state index contributed by atoms with van der Waals surface area (Å²) in [6.07, 6.45) is 0.933. The molecule has 0 radical (unpaired) electrons. The summed E-state index contributed by atoms with van der Waals surface area (Å²) in [4.78, 5) is 1.21. The summed E-state index contributed by atoms with van der Waals surface area (Å²) >= 11 is 5.05. The number of hydrogen-bond acceptors (Lipinski definition) is 4. The van der Waals surface area contributed by atoms with Crippen LogP contribution in [0.1, 0.15) is 22.2 Å². The van der Waals surface area contributed by atoms with E-state index >= 15 is 0 Å². The van der Waals surface area contributed by atoms with Crippen molar-refractivity contribution in [1.82, 2.24) is 14.9 Å². The van der Waals surface area contributed by atoms with E-state index < -0.39 is 0 Å². The van der Waals surface area contributed by atoms with E-state index in [0.717, 1.165) is 16.6 Å². The first kappa shape index (κ1) is 12.7. The molecular formula is C12H14BrN3S. The molecule has 1 aromatic heterocycles. The second kappa shape index (κ2) is 5.71. The van der Waals surface area contributed by atoms with E-state index in [2.05, 4.69) is 49.0 Å². The Kier molecular flexibility index (Phi) is 4.25. The van der Waals surface area contributed by atoms with Gasteiger partial charge in [0.2, 0.25) is 0 Å². The fraction of sp³-hybridized carbons (Fsp3) is 0.333. The molecule has 0 aliphatic heterocycles. The van der Waals surface area contributed by atoms with Crippen LogP contribution in [-0.4, -0.2) is 16.6 Å². The lowest BCUT2D eigenvalue weighted by atomic mass is 10.0. The monoisotopic (exact) mass is 311 g/mol. The Morgan fingerprint density at radius 3 is 2.76 bits per heavy atom. The Hall–Kier alpha value is -0.780. The number of hydrogen-bond donors (Lipinski definition) is 1. The highest BCUT2D eigenvalue weighted by molar-refractivity contribution is 9.10. The first-order chi connectivity index (χ1) is 8.22. The first-order valence-corrected chi connectivity index (χ1v) is 6.98. The Balaban J connectivity index is 2.22. The standard InChI is InChI=1S/C12H14BrN3S/c1-8-12(17-16-15-8)11(14-2)7-9-5-3-4-6-10(9)13/h3-6,11,14H,7H2,1-2H3. The normalized spacial score (nSPS) is 12.6. The van der Waals surface area contributed by atoms with Crippen molar-refractivity contribution in [3.8, 4) is 0 Å². The maximum Gasteiger partial charge on any atom is 0.0772 e. The zero-order valence-electron chi connectivity index (χ0n) is 9.77. The summed E-state index contributed by atoms with van der Waals surface area (Å²) in [6.45, 7) is 2.00. The van der Waals surface area contributed by atoms with Gasteiger partial charge in [-0.2, -0.15) is 0 Å². The van der Waals surface area contributed by atoms with Crippen LogP contribution < -0.4 is 5.32 Å². The highest BCUT2D eigenvalue weighted by atomic mass is 79.9. The zero-order valence-corrected chi connectivity index (χ0v) is 12.2. The van der Waals surface area contributed by atoms with Gasteiger partial charge in [0.25, 0.3) is 0 Å². The molecule has 0 aliphatic carbocycles. The van der Waals surface area contributed by atoms with Crippen molar-refractivity contribution in [2.45, 2.75) is 19.4 Å². The Labute approximate surface area is 114 Å². The molecule has 0 saturated heterocycles. The molecule has 5 heteroatoms. The fourth-order valence-corrected chi connectivity index (χ4v) is 2.97. The number of nitrogens with one attached hydrogen (secondary N) is 1. The minimum Gasteiger partial charge on any atom is -0.312 e. The summed E-state index contributed by atoms with van der Waals surface area (Å²) in [5.74, 6) is 0. The fourth-order valence-electron chi connectivity index (χ4n) is 1.77. The molecule has 1 N–H and O–H groups in total. The lowest BCUT2D eigenvalue weighted by Gasteiger charge is -2.15. The lowest BCUT2D eigenvalue weighted by Crippen LogP contribution is -2.18. The van der Waals surface area contributed by atoms with Gasteiger partial charge in [0.05, 0.1) is 10.6 Å². The van der Waals surface area contributed by atoms with Crippen LogP contribution >= 0.6 is 27.5 Å². The van der Waals surface area contributed by atoms with Gasteiger partial charge in [0.15, 0.2) is 0 Å². The van der Waals surface area contributed by atoms with Gasteiger partial charge in [-0.3, -0.25) is 0 Å². The minimum atomic E-state index is 0.272. The molecule has 0 fully saturated rings. The molecule has 2 rings (SSSR count). The SMILES string of the molecule is CNC(Cc1ccccc1Br)c1snnc1C. The second-order valence-electron chi connectivity index (χ2n) is 3.86. The smallest absolute Gasteiger partial charge is 0.0772 e. The largest absolute Gasteiger partial charge is 0.312 e. The summed E-state index contributed by atoms with van der Waals surface area (Å²) < 4.78 is 5.14. The van der Waals surface area contributed by atoms with Crippen LogP contribution in [0.5, 0.6) is 0 Å². The number of rotatable bonds is 4. The summed E-state index contributed by atoms with van der Waals surface area (Å²) in [6, 6.07) is 8.57. The molecule has 0 amide bonds. The third-order valence-corrected chi connectivity index (χ3v) is 4.45. The van der Waals surface area contributed by atoms with E-state index in [9.17, 15) is 0 Å². The second-order valence-corrected chi connectivity index (χ2v) is 5.50. The maximum atomic E-state index is 4.07. The van der Waals surface area contributed by atoms with E-state index in [1.54, 1.807) is 0 Å². The average Bonchev–Trinajstić information content (AvgIpc) is 2.75. The Morgan fingerprint density at radius 1 is 1.41 bits per heavy atom. The van der Waals surface area contributed by atoms with Crippen molar-refractivity contribution >= 4 is 27.5 Å². The third-order valence-electron chi connectivity index (χ3n) is 2.73. The van der Waals surface area contributed by atoms with Crippen LogP contribution in [0, 0.1) is 6.92 Å². The van der Waals surface area contributed by atoms with Gasteiger partial charge in [-0.25, -0.2) is 0 Å². The van der Waals surface area contributed by atoms with Crippen molar-refractivity contribution in [3.63, 3.8) is 0 Å². The predicted octanol–water partition coefficient (Wildman–Crippen LogP) is 3.11. The van der Waals surface area contributed by atoms with Crippen LogP contribution in [0.25, 0.3) is 0 Å². The Morgan fingerprint density at radius 2 is 2.18 bits per heavy atom. The lowest BCUT2D eigenvalue weighted by molar-refractivity contribution is 0.596. The van der Waals surface area contributed by atoms with Crippen LogP contribution in [0.15, 0.2) is 28.7 Å². The number of aromatic nitrogens is 2. The molecule has 2 aromatic rings. The van der Waals surface area contributed by atoms with Gasteiger partial charge in [0.1, 0.15) is 0 Å². The van der Waals surface area contributed by atoms with Crippen molar-refractivity contribution in [2.24, 2.45) is 0 Å². The number of aryl methyl sites for hydroxylation is 1. The van der Waals surface area contributed by atoms with Crippen LogP contribution in [0.2, 0.25) is 0 Å². The van der Waals surface area contributed by atoms with Gasteiger partial charge >= 0.3 is 0 Å². The minimum absolute atomic E-state index is 0.272. The van der Waals surface area contributed by atoms with E-state index in [1.165, 1.54) is 22.0 Å². The van der Waals surface area contributed by atoms with E-state index in [4.69, 9.17) is 0 Å². The summed E-state index contributed by atoms with van der Waals surface area (Å²) in [5.41, 5.74) is 2.31. The van der Waals surface area contributed by atoms with Crippen molar-refractivity contribution in [1.29, 1.82) is 0 Å². The van der Waals surface area contributed by atoms with Crippen LogP contribution in [-0.2, 0) is 6.42 Å². The van der Waals surface area contributed by atoms with E-state index in [0.29, 0.717) is 0 Å². The average molecular weight is 312 g/mol. The van der Waals surface area contributed by atoms with Gasteiger partial charge in [-0.05, 0) is 43.6 Å². The molecule has 0 saturated carbocycles. The molecule has 1 aromatic carbocycles. The summed E-state index contributed by atoms with van der Waals surface area (Å²) in [7, 11) is 1.97.